The van der Waals surface area contributed by atoms with Crippen LogP contribution in [0.5, 0.6) is 5.75 Å². The maximum Gasteiger partial charge on any atom is 0.328 e. The van der Waals surface area contributed by atoms with Crippen molar-refractivity contribution in [3.05, 3.63) is 57.9 Å². The molecule has 0 bridgehead atoms. The van der Waals surface area contributed by atoms with Crippen LogP contribution in [0.15, 0.2) is 46.3 Å². The summed E-state index contributed by atoms with van der Waals surface area (Å²) >= 11 is 1.88. The molecule has 2 aromatic heterocycles. The van der Waals surface area contributed by atoms with Gasteiger partial charge in [-0.2, -0.15) is 0 Å². The van der Waals surface area contributed by atoms with E-state index in [0.717, 1.165) is 54.0 Å². The van der Waals surface area contributed by atoms with Gasteiger partial charge in [-0.15, -0.1) is 11.3 Å². The second-order valence-corrected chi connectivity index (χ2v) is 12.2. The van der Waals surface area contributed by atoms with Crippen molar-refractivity contribution in [1.82, 2.24) is 15.0 Å². The largest absolute Gasteiger partial charge is 0.493 e. The van der Waals surface area contributed by atoms with Crippen LogP contribution in [0.1, 0.15) is 48.2 Å². The summed E-state index contributed by atoms with van der Waals surface area (Å²) in [6, 6.07) is 8.71. The van der Waals surface area contributed by atoms with Crippen LogP contribution in [-0.4, -0.2) is 77.4 Å². The number of hydrogen-bond donors (Lipinski definition) is 2. The average Bonchev–Trinajstić information content (AvgIpc) is 3.45. The number of ether oxygens (including phenoxy) is 1. The standard InChI is InChI=1S/C27H37N3O2S.C4H4O4/c1-29(2)18-24-26(31-19-21-5-6-21)10-8-23-25(28-32-27(23)24)9-7-20-11-14-30(15-12-20)16-13-22-4-3-17-33-22;5-3(6)1-2-4(7)8/h3-4,8,10,17,20-21H,5-7,9,11-16,18-19H2,1-2H3;1-2H,(H,5,6)(H,7,8). The second-order valence-electron chi connectivity index (χ2n) is 11.2. The Bertz CT molecular complexity index is 1270. The molecule has 0 amide bonds. The molecule has 1 aromatic carbocycles. The number of aliphatic carboxylic acids is 2. The normalized spacial score (nSPS) is 16.3. The molecule has 1 aliphatic carbocycles. The molecule has 0 radical (unpaired) electrons. The van der Waals surface area contributed by atoms with Gasteiger partial charge < -0.3 is 29.3 Å². The molecule has 1 saturated heterocycles. The predicted molar refractivity (Wildman–Crippen MR) is 160 cm³/mol. The monoisotopic (exact) mass is 583 g/mol. The third kappa shape index (κ3) is 9.98. The third-order valence-corrected chi connectivity index (χ3v) is 8.48. The molecule has 222 valence electrons. The van der Waals surface area contributed by atoms with Crippen molar-refractivity contribution in [3.63, 3.8) is 0 Å². The van der Waals surface area contributed by atoms with Crippen LogP contribution in [-0.2, 0) is 29.0 Å². The number of thiophene rings is 1. The minimum Gasteiger partial charge on any atom is -0.493 e. The summed E-state index contributed by atoms with van der Waals surface area (Å²) in [6.07, 6.45) is 9.69. The maximum atomic E-state index is 9.55. The number of rotatable bonds is 13. The van der Waals surface area contributed by atoms with Crippen LogP contribution >= 0.6 is 11.3 Å². The van der Waals surface area contributed by atoms with E-state index in [1.807, 2.05) is 11.3 Å². The fourth-order valence-electron chi connectivity index (χ4n) is 5.07. The zero-order valence-corrected chi connectivity index (χ0v) is 24.8. The van der Waals surface area contributed by atoms with Gasteiger partial charge in [-0.1, -0.05) is 11.2 Å². The van der Waals surface area contributed by atoms with Gasteiger partial charge in [0.2, 0.25) is 0 Å². The number of nitrogens with zero attached hydrogens (tertiary/aromatic N) is 3. The van der Waals surface area contributed by atoms with E-state index in [4.69, 9.17) is 19.5 Å². The van der Waals surface area contributed by atoms with E-state index < -0.39 is 11.9 Å². The highest BCUT2D eigenvalue weighted by atomic mass is 32.1. The van der Waals surface area contributed by atoms with Crippen LogP contribution < -0.4 is 4.74 Å². The number of hydrogen-bond acceptors (Lipinski definition) is 8. The molecule has 10 heteroatoms. The maximum absolute atomic E-state index is 9.55. The minimum absolute atomic E-state index is 0.558. The lowest BCUT2D eigenvalue weighted by Gasteiger charge is -2.31. The van der Waals surface area contributed by atoms with Crippen LogP contribution in [0, 0.1) is 11.8 Å². The number of piperidine rings is 1. The van der Waals surface area contributed by atoms with E-state index in [0.29, 0.717) is 12.2 Å². The molecule has 9 nitrogen and oxygen atoms in total. The summed E-state index contributed by atoms with van der Waals surface area (Å²) in [6.45, 7) is 5.27. The Kier molecular flexibility index (Phi) is 11.4. The van der Waals surface area contributed by atoms with Crippen LogP contribution in [0.4, 0.5) is 0 Å². The van der Waals surface area contributed by atoms with Gasteiger partial charge in [0, 0.05) is 35.5 Å². The highest BCUT2D eigenvalue weighted by Crippen LogP contribution is 2.35. The van der Waals surface area contributed by atoms with Gasteiger partial charge in [0.1, 0.15) is 5.75 Å². The van der Waals surface area contributed by atoms with Gasteiger partial charge in [0.25, 0.3) is 0 Å². The smallest absolute Gasteiger partial charge is 0.328 e. The summed E-state index contributed by atoms with van der Waals surface area (Å²) in [5, 5.41) is 23.5. The topological polar surface area (TPSA) is 116 Å². The summed E-state index contributed by atoms with van der Waals surface area (Å²) in [7, 11) is 4.18. The summed E-state index contributed by atoms with van der Waals surface area (Å²) < 4.78 is 12.1. The Labute approximate surface area is 245 Å². The lowest BCUT2D eigenvalue weighted by molar-refractivity contribution is -0.134. The first-order valence-electron chi connectivity index (χ1n) is 14.3. The Morgan fingerprint density at radius 3 is 2.41 bits per heavy atom. The molecular weight excluding hydrogens is 542 g/mol. The molecule has 5 rings (SSSR count). The van der Waals surface area contributed by atoms with Crippen molar-refractivity contribution >= 4 is 34.2 Å². The molecule has 0 atom stereocenters. The van der Waals surface area contributed by atoms with E-state index >= 15 is 0 Å². The van der Waals surface area contributed by atoms with Gasteiger partial charge in [-0.05, 0) is 108 Å². The quantitative estimate of drug-likeness (QED) is 0.257. The summed E-state index contributed by atoms with van der Waals surface area (Å²) in [4.78, 5) is 25.4. The summed E-state index contributed by atoms with van der Waals surface area (Å²) in [5.74, 6) is -0.0297. The van der Waals surface area contributed by atoms with Crippen molar-refractivity contribution in [2.24, 2.45) is 11.8 Å². The number of aromatic nitrogens is 1. The zero-order chi connectivity index (χ0) is 29.2. The zero-order valence-electron chi connectivity index (χ0n) is 24.0. The van der Waals surface area contributed by atoms with Crippen molar-refractivity contribution in [2.45, 2.75) is 51.5 Å². The highest BCUT2D eigenvalue weighted by Gasteiger charge is 2.24. The van der Waals surface area contributed by atoms with Crippen LogP contribution in [0.3, 0.4) is 0 Å². The first-order chi connectivity index (χ1) is 19.8. The number of carboxylic acid groups (broad SMARTS) is 2. The highest BCUT2D eigenvalue weighted by molar-refractivity contribution is 7.09. The molecule has 2 N–H and O–H groups in total. The van der Waals surface area contributed by atoms with Crippen molar-refractivity contribution in [3.8, 4) is 5.75 Å². The molecule has 0 unspecified atom stereocenters. The molecule has 2 aliphatic rings. The van der Waals surface area contributed by atoms with Gasteiger partial charge >= 0.3 is 11.9 Å². The lowest BCUT2D eigenvalue weighted by atomic mass is 9.91. The van der Waals surface area contributed by atoms with Gasteiger partial charge in [-0.3, -0.25) is 0 Å². The molecule has 2 fully saturated rings. The number of benzene rings is 1. The molecule has 1 saturated carbocycles. The van der Waals surface area contributed by atoms with Crippen molar-refractivity contribution in [2.75, 3.05) is 40.3 Å². The van der Waals surface area contributed by atoms with E-state index in [-0.39, 0.29) is 0 Å². The number of aryl methyl sites for hydroxylation is 1. The Morgan fingerprint density at radius 2 is 1.80 bits per heavy atom. The Morgan fingerprint density at radius 1 is 1.07 bits per heavy atom. The third-order valence-electron chi connectivity index (χ3n) is 7.54. The molecule has 0 spiro atoms. The van der Waals surface area contributed by atoms with Gasteiger partial charge in [0.15, 0.2) is 5.58 Å². The Balaban J connectivity index is 0.000000426. The van der Waals surface area contributed by atoms with E-state index in [2.05, 4.69) is 58.7 Å². The summed E-state index contributed by atoms with van der Waals surface area (Å²) in [5.41, 5.74) is 3.16. The Hall–Kier alpha value is -3.21. The number of carbonyl (C=O) groups is 2. The first kappa shape index (κ1) is 30.7. The van der Waals surface area contributed by atoms with Crippen molar-refractivity contribution < 1.29 is 29.1 Å². The predicted octanol–water partition coefficient (Wildman–Crippen LogP) is 5.34. The van der Waals surface area contributed by atoms with Crippen LogP contribution in [0.25, 0.3) is 11.0 Å². The fraction of sp³-hybridized carbons (Fsp3) is 0.516. The van der Waals surface area contributed by atoms with E-state index in [9.17, 15) is 9.59 Å². The minimum atomic E-state index is -1.26. The number of carboxylic acids is 2. The lowest BCUT2D eigenvalue weighted by Crippen LogP contribution is -2.35. The second kappa shape index (κ2) is 15.1. The van der Waals surface area contributed by atoms with Gasteiger partial charge in [-0.25, -0.2) is 9.59 Å². The fourth-order valence-corrected chi connectivity index (χ4v) is 5.77. The number of likely N-dealkylation sites (tertiary alicyclic amines) is 1. The van der Waals surface area contributed by atoms with Crippen molar-refractivity contribution in [1.29, 1.82) is 0 Å². The molecule has 3 heterocycles. The van der Waals surface area contributed by atoms with Crippen LogP contribution in [0.2, 0.25) is 0 Å². The molecule has 3 aromatic rings. The molecule has 1 aliphatic heterocycles. The average molecular weight is 584 g/mol. The first-order valence-corrected chi connectivity index (χ1v) is 15.2. The SMILES string of the molecule is CN(C)Cc1c(OCC2CC2)ccc2c(CCC3CCN(CCc4cccs4)CC3)noc12.O=C(O)C=CC(=O)O. The number of fused-ring (bicyclic) bond motifs is 1. The molecular formula is C31H41N3O6S. The van der Waals surface area contributed by atoms with E-state index in [1.165, 1.54) is 68.4 Å². The van der Waals surface area contributed by atoms with E-state index in [1.54, 1.807) is 0 Å². The van der Waals surface area contributed by atoms with Gasteiger partial charge in [0.05, 0.1) is 17.9 Å². The molecule has 41 heavy (non-hydrogen) atoms.